The predicted octanol–water partition coefficient (Wildman–Crippen LogP) is 13.3. The molecule has 0 spiro atoms. The van der Waals surface area contributed by atoms with Crippen LogP contribution < -0.4 is 0 Å². The normalized spacial score (nSPS) is 14.7. The first kappa shape index (κ1) is 36.9. The highest BCUT2D eigenvalue weighted by Gasteiger charge is 2.19. The van der Waals surface area contributed by atoms with Crippen LogP contribution in [-0.4, -0.2) is 29.9 Å². The largest absolute Gasteiger partial charge is 0.208 e. The molecule has 6 nitrogen and oxygen atoms in total. The minimum atomic E-state index is 0.654. The molecule has 0 amide bonds. The Labute approximate surface area is 351 Å². The van der Waals surface area contributed by atoms with Crippen LogP contribution in [0.2, 0.25) is 0 Å². The molecule has 7 aromatic rings. The summed E-state index contributed by atoms with van der Waals surface area (Å²) >= 11 is 0. The van der Waals surface area contributed by atoms with Gasteiger partial charge in [-0.25, -0.2) is 29.9 Å². The van der Waals surface area contributed by atoms with E-state index in [0.717, 1.165) is 94.2 Å². The Bertz CT molecular complexity index is 2880. The number of aromatic nitrogens is 6. The van der Waals surface area contributed by atoms with Gasteiger partial charge in [0.2, 0.25) is 0 Å². The Kier molecular flexibility index (Phi) is 10.3. The van der Waals surface area contributed by atoms with Crippen molar-refractivity contribution in [3.63, 3.8) is 0 Å². The van der Waals surface area contributed by atoms with E-state index < -0.39 is 0 Å². The third-order valence-electron chi connectivity index (χ3n) is 11.1. The highest BCUT2D eigenvalue weighted by atomic mass is 15.0. The molecule has 2 aromatic heterocycles. The number of allylic oxidation sites excluding steroid dienone is 12. The second-order valence-electron chi connectivity index (χ2n) is 15.2. The molecule has 5 aromatic carbocycles. The summed E-state index contributed by atoms with van der Waals surface area (Å²) in [5.74, 6) is 4.02. The molecular weight excluding hydrogens is 733 g/mol. The summed E-state index contributed by atoms with van der Waals surface area (Å²) < 4.78 is 0. The van der Waals surface area contributed by atoms with Crippen LogP contribution in [-0.2, 0) is 0 Å². The van der Waals surface area contributed by atoms with Gasteiger partial charge in [0.25, 0.3) is 0 Å². The second-order valence-corrected chi connectivity index (χ2v) is 15.2. The highest BCUT2D eigenvalue weighted by Crippen LogP contribution is 2.37. The standard InChI is InChI=1S/C54H42N6/c1-6-16-37(17-7-1)46-34-35-47(54-59-51(43-22-12-4-13-23-43)58-52(60-54)44-24-14-5-15-25-44)48(36-46)40-30-26-38(27-31-40)39-28-32-45(33-29-39)53-56-49(41-18-8-2-9-19-41)55-50(57-53)42-20-10-3-11-21-42/h2,4,6,8-10,12-14,16-36H,1,3,5,7,11,15H2. The van der Waals surface area contributed by atoms with E-state index in [2.05, 4.69) is 134 Å². The smallest absolute Gasteiger partial charge is 0.164 e. The maximum Gasteiger partial charge on any atom is 0.164 e. The zero-order valence-corrected chi connectivity index (χ0v) is 33.2. The van der Waals surface area contributed by atoms with Crippen LogP contribution in [0.4, 0.5) is 0 Å². The lowest BCUT2D eigenvalue weighted by molar-refractivity contribution is 1.01. The average molecular weight is 775 g/mol. The predicted molar refractivity (Wildman–Crippen MR) is 245 cm³/mol. The van der Waals surface area contributed by atoms with Gasteiger partial charge in [0.1, 0.15) is 0 Å². The molecule has 0 radical (unpaired) electrons. The van der Waals surface area contributed by atoms with Gasteiger partial charge in [-0.05, 0) is 84.0 Å². The van der Waals surface area contributed by atoms with Crippen LogP contribution >= 0.6 is 0 Å². The van der Waals surface area contributed by atoms with Crippen molar-refractivity contribution in [3.8, 4) is 67.8 Å². The molecule has 0 unspecified atom stereocenters. The highest BCUT2D eigenvalue weighted by molar-refractivity contribution is 5.88. The quantitative estimate of drug-likeness (QED) is 0.145. The summed E-state index contributed by atoms with van der Waals surface area (Å²) in [5.41, 5.74) is 12.7. The molecule has 0 aliphatic heterocycles. The molecule has 0 N–H and O–H groups in total. The Hall–Kier alpha value is -7.44. The number of benzene rings is 5. The van der Waals surface area contributed by atoms with Crippen molar-refractivity contribution in [3.05, 3.63) is 199 Å². The van der Waals surface area contributed by atoms with E-state index in [1.165, 1.54) is 11.1 Å². The summed E-state index contributed by atoms with van der Waals surface area (Å²) in [4.78, 5) is 30.0. The Morgan fingerprint density at radius 3 is 1.13 bits per heavy atom. The third-order valence-corrected chi connectivity index (χ3v) is 11.1. The van der Waals surface area contributed by atoms with E-state index in [0.29, 0.717) is 34.9 Å². The zero-order valence-electron chi connectivity index (χ0n) is 33.2. The fourth-order valence-electron chi connectivity index (χ4n) is 7.89. The van der Waals surface area contributed by atoms with Crippen LogP contribution in [0, 0.1) is 0 Å². The minimum Gasteiger partial charge on any atom is -0.208 e. The van der Waals surface area contributed by atoms with E-state index in [-0.39, 0.29) is 0 Å². The van der Waals surface area contributed by atoms with Gasteiger partial charge in [-0.3, -0.25) is 0 Å². The van der Waals surface area contributed by atoms with Crippen LogP contribution in [0.1, 0.15) is 55.7 Å². The van der Waals surface area contributed by atoms with E-state index in [4.69, 9.17) is 29.9 Å². The van der Waals surface area contributed by atoms with Gasteiger partial charge in [0, 0.05) is 33.4 Å². The molecule has 2 heterocycles. The first-order chi connectivity index (χ1) is 29.7. The first-order valence-corrected chi connectivity index (χ1v) is 20.8. The summed E-state index contributed by atoms with van der Waals surface area (Å²) in [5, 5.41) is 0. The molecule has 0 bridgehead atoms. The lowest BCUT2D eigenvalue weighted by Crippen LogP contribution is -2.04. The van der Waals surface area contributed by atoms with Gasteiger partial charge in [0.05, 0.1) is 0 Å². The Morgan fingerprint density at radius 1 is 0.267 bits per heavy atom. The van der Waals surface area contributed by atoms with Crippen molar-refractivity contribution in [2.75, 3.05) is 0 Å². The molecule has 0 atom stereocenters. The number of nitrogens with zero attached hydrogens (tertiary/aromatic N) is 6. The first-order valence-electron chi connectivity index (χ1n) is 20.8. The fourth-order valence-corrected chi connectivity index (χ4v) is 7.89. The lowest BCUT2D eigenvalue weighted by atomic mass is 9.91. The van der Waals surface area contributed by atoms with Gasteiger partial charge >= 0.3 is 0 Å². The van der Waals surface area contributed by atoms with Crippen molar-refractivity contribution in [2.45, 2.75) is 38.5 Å². The fraction of sp³-hybridized carbons (Fsp3) is 0.111. The monoisotopic (exact) mass is 774 g/mol. The maximum absolute atomic E-state index is 5.14. The van der Waals surface area contributed by atoms with Crippen LogP contribution in [0.15, 0.2) is 182 Å². The van der Waals surface area contributed by atoms with E-state index in [1.807, 2.05) is 48.5 Å². The van der Waals surface area contributed by atoms with Crippen molar-refractivity contribution in [1.29, 1.82) is 0 Å². The number of rotatable bonds is 9. The minimum absolute atomic E-state index is 0.654. The molecule has 10 rings (SSSR count). The Morgan fingerprint density at radius 2 is 0.650 bits per heavy atom. The van der Waals surface area contributed by atoms with Crippen molar-refractivity contribution in [2.24, 2.45) is 0 Å². The van der Waals surface area contributed by atoms with Gasteiger partial charge < -0.3 is 0 Å². The lowest BCUT2D eigenvalue weighted by Gasteiger charge is -2.16. The van der Waals surface area contributed by atoms with Crippen LogP contribution in [0.5, 0.6) is 0 Å². The molecule has 3 aliphatic rings. The van der Waals surface area contributed by atoms with E-state index >= 15 is 0 Å². The molecule has 60 heavy (non-hydrogen) atoms. The molecule has 288 valence electrons. The SMILES string of the molecule is C1=CC(c2ccc(-c3nc(C4=CCCC=C4)nc(-c4ccccc4)n3)c(-c3ccc(-c4ccc(-c5nc(C6=CCCC=C6)nc(-c6ccccc6)n5)cc4)cc3)c2)=CCC1. The molecular formula is C54H42N6. The second kappa shape index (κ2) is 16.8. The molecule has 0 saturated carbocycles. The van der Waals surface area contributed by atoms with Crippen molar-refractivity contribution in [1.82, 2.24) is 29.9 Å². The van der Waals surface area contributed by atoms with Crippen molar-refractivity contribution < 1.29 is 0 Å². The van der Waals surface area contributed by atoms with E-state index in [9.17, 15) is 0 Å². The third kappa shape index (κ3) is 7.88. The summed E-state index contributed by atoms with van der Waals surface area (Å²) in [6, 6.07) is 44.3. The average Bonchev–Trinajstić information content (AvgIpc) is 3.35. The van der Waals surface area contributed by atoms with Crippen LogP contribution in [0.3, 0.4) is 0 Å². The van der Waals surface area contributed by atoms with E-state index in [1.54, 1.807) is 0 Å². The van der Waals surface area contributed by atoms with Gasteiger partial charge in [-0.15, -0.1) is 0 Å². The van der Waals surface area contributed by atoms with Gasteiger partial charge in [-0.1, -0.05) is 170 Å². The van der Waals surface area contributed by atoms with Crippen molar-refractivity contribution >= 4 is 16.7 Å². The maximum atomic E-state index is 5.14. The van der Waals surface area contributed by atoms with Crippen LogP contribution in [0.25, 0.3) is 84.5 Å². The topological polar surface area (TPSA) is 77.3 Å². The summed E-state index contributed by atoms with van der Waals surface area (Å²) in [6.07, 6.45) is 26.0. The molecule has 3 aliphatic carbocycles. The molecule has 0 fully saturated rings. The summed E-state index contributed by atoms with van der Waals surface area (Å²) in [7, 11) is 0. The summed E-state index contributed by atoms with van der Waals surface area (Å²) in [6.45, 7) is 0. The Balaban J connectivity index is 1.01. The molecule has 0 saturated heterocycles. The van der Waals surface area contributed by atoms with Gasteiger partial charge in [0.15, 0.2) is 34.9 Å². The number of hydrogen-bond acceptors (Lipinski definition) is 6. The molecule has 6 heteroatoms. The van der Waals surface area contributed by atoms with Gasteiger partial charge in [-0.2, -0.15) is 0 Å². The zero-order chi connectivity index (χ0) is 40.1. The number of hydrogen-bond donors (Lipinski definition) is 0.